The van der Waals surface area contributed by atoms with Crippen LogP contribution in [0.1, 0.15) is 15.9 Å². The molecule has 7 heteroatoms. The average Bonchev–Trinajstić information content (AvgIpc) is 2.63. The van der Waals surface area contributed by atoms with Gasteiger partial charge in [0.05, 0.1) is 44.4 Å². The fourth-order valence-electron chi connectivity index (χ4n) is 3.04. The van der Waals surface area contributed by atoms with Gasteiger partial charge >= 0.3 is 0 Å². The van der Waals surface area contributed by atoms with Gasteiger partial charge in [-0.15, -0.1) is 0 Å². The van der Waals surface area contributed by atoms with Gasteiger partial charge < -0.3 is 14.5 Å². The summed E-state index contributed by atoms with van der Waals surface area (Å²) >= 11 is 5.76. The molecule has 1 aromatic carbocycles. The Morgan fingerprint density at radius 3 is 2.72 bits per heavy atom. The highest BCUT2D eigenvalue weighted by Crippen LogP contribution is 2.18. The fraction of sp³-hybridized carbons (Fsp3) is 0.333. The summed E-state index contributed by atoms with van der Waals surface area (Å²) in [5.41, 5.74) is 1.39. The Morgan fingerprint density at radius 2 is 2.08 bits per heavy atom. The van der Waals surface area contributed by atoms with E-state index in [0.717, 1.165) is 18.7 Å². The summed E-state index contributed by atoms with van der Waals surface area (Å²) in [7, 11) is 1.59. The number of quaternary nitrogens is 1. The van der Waals surface area contributed by atoms with E-state index in [2.05, 4.69) is 4.98 Å². The Balaban J connectivity index is 1.59. The summed E-state index contributed by atoms with van der Waals surface area (Å²) in [4.78, 5) is 19.6. The van der Waals surface area contributed by atoms with Crippen molar-refractivity contribution in [3.8, 4) is 5.75 Å². The number of nitrogens with one attached hydrogen (secondary N) is 1. The second kappa shape index (κ2) is 7.80. The Bertz CT molecular complexity index is 746. The van der Waals surface area contributed by atoms with Gasteiger partial charge in [-0.3, -0.25) is 4.79 Å². The quantitative estimate of drug-likeness (QED) is 0.835. The molecule has 1 fully saturated rings. The number of halogens is 2. The van der Waals surface area contributed by atoms with E-state index < -0.39 is 0 Å². The van der Waals surface area contributed by atoms with Gasteiger partial charge in [-0.1, -0.05) is 11.6 Å². The summed E-state index contributed by atoms with van der Waals surface area (Å²) in [6, 6.07) is 7.87. The molecule has 0 aliphatic carbocycles. The van der Waals surface area contributed by atoms with Gasteiger partial charge in [0, 0.05) is 6.20 Å². The maximum atomic E-state index is 13.5. The van der Waals surface area contributed by atoms with E-state index in [4.69, 9.17) is 16.3 Å². The first-order valence-corrected chi connectivity index (χ1v) is 8.51. The Kier molecular flexibility index (Phi) is 5.50. The van der Waals surface area contributed by atoms with Crippen molar-refractivity contribution < 1.29 is 18.8 Å². The number of pyridine rings is 1. The van der Waals surface area contributed by atoms with Crippen LogP contribution >= 0.6 is 11.6 Å². The monoisotopic (exact) mass is 364 g/mol. The van der Waals surface area contributed by atoms with E-state index in [1.165, 1.54) is 23.2 Å². The molecule has 1 N–H and O–H groups in total. The zero-order valence-electron chi connectivity index (χ0n) is 14.0. The number of methoxy groups -OCH3 is 1. The zero-order valence-corrected chi connectivity index (χ0v) is 14.7. The lowest BCUT2D eigenvalue weighted by Gasteiger charge is -2.32. The molecule has 0 unspecified atom stereocenters. The number of carbonyl (C=O) groups excluding carboxylic acids is 1. The molecule has 1 aromatic heterocycles. The molecule has 1 aliphatic rings. The van der Waals surface area contributed by atoms with Gasteiger partial charge in [-0.25, -0.2) is 9.37 Å². The Morgan fingerprint density at radius 1 is 1.32 bits per heavy atom. The van der Waals surface area contributed by atoms with Crippen LogP contribution in [0.3, 0.4) is 0 Å². The minimum atomic E-state index is -0.265. The third-order valence-electron chi connectivity index (χ3n) is 4.41. The standard InChI is InChI=1S/C18H19ClFN3O2/c1-25-16-4-3-15(20)10-14(16)12-22-6-8-23(9-7-22)18(24)13-2-5-17(19)21-11-13/h2-5,10-11H,6-9,12H2,1H3/p+1. The lowest BCUT2D eigenvalue weighted by Crippen LogP contribution is -3.13. The number of aromatic nitrogens is 1. The average molecular weight is 365 g/mol. The molecule has 1 saturated heterocycles. The number of amides is 1. The third-order valence-corrected chi connectivity index (χ3v) is 4.64. The second-order valence-electron chi connectivity index (χ2n) is 6.04. The van der Waals surface area contributed by atoms with Crippen LogP contribution in [-0.2, 0) is 6.54 Å². The van der Waals surface area contributed by atoms with Gasteiger partial charge in [0.1, 0.15) is 23.3 Å². The highest BCUT2D eigenvalue weighted by atomic mass is 35.5. The molecule has 2 heterocycles. The van der Waals surface area contributed by atoms with Crippen molar-refractivity contribution in [2.24, 2.45) is 0 Å². The molecular formula is C18H20ClFN3O2+. The first kappa shape index (κ1) is 17.6. The molecule has 3 rings (SSSR count). The van der Waals surface area contributed by atoms with Crippen LogP contribution < -0.4 is 9.64 Å². The van der Waals surface area contributed by atoms with Crippen LogP contribution in [0, 0.1) is 5.82 Å². The topological polar surface area (TPSA) is 46.9 Å². The maximum absolute atomic E-state index is 13.5. The first-order chi connectivity index (χ1) is 12.1. The van der Waals surface area contributed by atoms with Crippen molar-refractivity contribution in [2.45, 2.75) is 6.54 Å². The summed E-state index contributed by atoms with van der Waals surface area (Å²) in [5.74, 6) is 0.394. The highest BCUT2D eigenvalue weighted by Gasteiger charge is 2.25. The van der Waals surface area contributed by atoms with Gasteiger partial charge in [0.2, 0.25) is 0 Å². The first-order valence-electron chi connectivity index (χ1n) is 8.13. The predicted octanol–water partition coefficient (Wildman–Crippen LogP) is 1.42. The van der Waals surface area contributed by atoms with Crippen molar-refractivity contribution in [3.63, 3.8) is 0 Å². The van der Waals surface area contributed by atoms with Gasteiger partial charge in [0.25, 0.3) is 5.91 Å². The molecule has 1 aliphatic heterocycles. The highest BCUT2D eigenvalue weighted by molar-refractivity contribution is 6.29. The number of nitrogens with zero attached hydrogens (tertiary/aromatic N) is 2. The van der Waals surface area contributed by atoms with Crippen LogP contribution in [0.25, 0.3) is 0 Å². The number of rotatable bonds is 4. The van der Waals surface area contributed by atoms with Crippen molar-refractivity contribution in [1.82, 2.24) is 9.88 Å². The van der Waals surface area contributed by atoms with E-state index in [0.29, 0.717) is 36.1 Å². The largest absolute Gasteiger partial charge is 0.496 e. The molecular weight excluding hydrogens is 345 g/mol. The van der Waals surface area contributed by atoms with Crippen LogP contribution in [0.15, 0.2) is 36.5 Å². The summed E-state index contributed by atoms with van der Waals surface area (Å²) in [5, 5.41) is 0.370. The van der Waals surface area contributed by atoms with E-state index in [9.17, 15) is 9.18 Å². The van der Waals surface area contributed by atoms with E-state index in [1.807, 2.05) is 4.90 Å². The van der Waals surface area contributed by atoms with Crippen LogP contribution in [0.4, 0.5) is 4.39 Å². The summed E-state index contributed by atoms with van der Waals surface area (Å²) in [6.07, 6.45) is 1.50. The molecule has 132 valence electrons. The molecule has 0 radical (unpaired) electrons. The normalized spacial score (nSPS) is 15.2. The second-order valence-corrected chi connectivity index (χ2v) is 6.43. The minimum absolute atomic E-state index is 0.0356. The molecule has 0 atom stereocenters. The van der Waals surface area contributed by atoms with E-state index in [-0.39, 0.29) is 11.7 Å². The van der Waals surface area contributed by atoms with E-state index in [1.54, 1.807) is 25.3 Å². The van der Waals surface area contributed by atoms with Crippen molar-refractivity contribution >= 4 is 17.5 Å². The van der Waals surface area contributed by atoms with Crippen molar-refractivity contribution in [3.05, 3.63) is 58.6 Å². The zero-order chi connectivity index (χ0) is 17.8. The fourth-order valence-corrected chi connectivity index (χ4v) is 3.15. The van der Waals surface area contributed by atoms with Gasteiger partial charge in [0.15, 0.2) is 0 Å². The molecule has 0 saturated carbocycles. The summed E-state index contributed by atoms with van der Waals surface area (Å²) in [6.45, 7) is 3.56. The molecule has 5 nitrogen and oxygen atoms in total. The third kappa shape index (κ3) is 4.27. The number of ether oxygens (including phenoxy) is 1. The lowest BCUT2D eigenvalue weighted by atomic mass is 10.1. The number of piperazine rings is 1. The number of hydrogen-bond acceptors (Lipinski definition) is 3. The number of benzene rings is 1. The van der Waals surface area contributed by atoms with Crippen LogP contribution in [0.5, 0.6) is 5.75 Å². The Labute approximate surface area is 151 Å². The lowest BCUT2D eigenvalue weighted by molar-refractivity contribution is -0.917. The van der Waals surface area contributed by atoms with Crippen molar-refractivity contribution in [2.75, 3.05) is 33.3 Å². The van der Waals surface area contributed by atoms with Gasteiger partial charge in [-0.05, 0) is 30.3 Å². The minimum Gasteiger partial charge on any atom is -0.496 e. The molecule has 1 amide bonds. The van der Waals surface area contributed by atoms with Gasteiger partial charge in [-0.2, -0.15) is 0 Å². The Hall–Kier alpha value is -2.18. The predicted molar refractivity (Wildman–Crippen MR) is 92.5 cm³/mol. The smallest absolute Gasteiger partial charge is 0.255 e. The van der Waals surface area contributed by atoms with E-state index >= 15 is 0 Å². The maximum Gasteiger partial charge on any atom is 0.255 e. The molecule has 2 aromatic rings. The molecule has 0 bridgehead atoms. The number of carbonyl (C=O) groups is 1. The SMILES string of the molecule is COc1ccc(F)cc1C[NH+]1CCN(C(=O)c2ccc(Cl)nc2)CC1. The van der Waals surface area contributed by atoms with Crippen molar-refractivity contribution in [1.29, 1.82) is 0 Å². The summed E-state index contributed by atoms with van der Waals surface area (Å²) < 4.78 is 18.8. The molecule has 0 spiro atoms. The number of hydrogen-bond donors (Lipinski definition) is 1. The van der Waals surface area contributed by atoms with Crippen LogP contribution in [0.2, 0.25) is 5.15 Å². The molecule has 25 heavy (non-hydrogen) atoms. The van der Waals surface area contributed by atoms with Crippen LogP contribution in [-0.4, -0.2) is 49.1 Å².